The van der Waals surface area contributed by atoms with Gasteiger partial charge in [-0.05, 0) is 216 Å². The minimum atomic E-state index is -0.514. The number of rotatable bonds is 5. The van der Waals surface area contributed by atoms with Crippen LogP contribution in [-0.4, -0.2) is 213 Å². The highest BCUT2D eigenvalue weighted by atomic mass is 127. The van der Waals surface area contributed by atoms with Crippen molar-refractivity contribution in [2.45, 2.75) is 118 Å². The molecule has 6 aliphatic rings. The predicted octanol–water partition coefficient (Wildman–Crippen LogP) is 19.6. The van der Waals surface area contributed by atoms with Gasteiger partial charge >= 0.3 is 18.2 Å². The lowest BCUT2D eigenvalue weighted by molar-refractivity contribution is 0.0252. The second-order valence-electron chi connectivity index (χ2n) is 29.0. The zero-order valence-electron chi connectivity index (χ0n) is 67.1. The number of nitrogen functional groups attached to an aromatic ring is 1. The average molecular weight is 1920 g/mol. The van der Waals surface area contributed by atoms with Crippen molar-refractivity contribution < 1.29 is 37.4 Å². The molecule has 0 unspecified atom stereocenters. The van der Waals surface area contributed by atoms with Gasteiger partial charge in [0.1, 0.15) is 38.2 Å². The van der Waals surface area contributed by atoms with Crippen LogP contribution < -0.4 is 46.6 Å². The second kappa shape index (κ2) is 52.5. The van der Waals surface area contributed by atoms with E-state index in [1.807, 2.05) is 92.8 Å². The molecule has 0 atom stereocenters. The molecule has 640 valence electrons. The fourth-order valence-electron chi connectivity index (χ4n) is 11.7. The molecule has 13 rings (SSSR count). The van der Waals surface area contributed by atoms with E-state index < -0.39 is 22.8 Å². The first-order valence-corrected chi connectivity index (χ1v) is 42.7. The van der Waals surface area contributed by atoms with Crippen molar-refractivity contribution in [2.24, 2.45) is 0 Å². The van der Waals surface area contributed by atoms with E-state index >= 15 is 0 Å². The van der Waals surface area contributed by atoms with Gasteiger partial charge in [0, 0.05) is 170 Å². The van der Waals surface area contributed by atoms with E-state index in [4.69, 9.17) is 124 Å². The highest BCUT2D eigenvalue weighted by Crippen LogP contribution is 2.34. The molecule has 0 aliphatic carbocycles. The molecule has 4 amide bonds. The van der Waals surface area contributed by atoms with Gasteiger partial charge in [-0.3, -0.25) is 15.0 Å². The first kappa shape index (κ1) is 101. The van der Waals surface area contributed by atoms with Gasteiger partial charge in [-0.2, -0.15) is 0 Å². The number of aromatic nitrogens is 5. The van der Waals surface area contributed by atoms with Gasteiger partial charge in [-0.1, -0.05) is 104 Å². The van der Waals surface area contributed by atoms with Crippen LogP contribution in [0.4, 0.5) is 57.3 Å². The smallest absolute Gasteiger partial charge is 0.410 e. The summed E-state index contributed by atoms with van der Waals surface area (Å²) in [6.07, 6.45) is 15.6. The van der Waals surface area contributed by atoms with Crippen molar-refractivity contribution >= 4 is 192 Å². The van der Waals surface area contributed by atoms with E-state index in [9.17, 15) is 23.2 Å². The van der Waals surface area contributed by atoms with E-state index in [-0.39, 0.29) is 40.7 Å². The van der Waals surface area contributed by atoms with Crippen LogP contribution in [0.3, 0.4) is 0 Å². The lowest BCUT2D eigenvalue weighted by Crippen LogP contribution is -2.39. The van der Waals surface area contributed by atoms with Crippen molar-refractivity contribution in [2.75, 3.05) is 175 Å². The summed E-state index contributed by atoms with van der Waals surface area (Å²) in [6, 6.07) is 17.4. The quantitative estimate of drug-likeness (QED) is 0.0611. The van der Waals surface area contributed by atoms with Crippen LogP contribution in [0.2, 0.25) is 45.5 Å². The Morgan fingerprint density at radius 3 is 1.23 bits per heavy atom. The van der Waals surface area contributed by atoms with Gasteiger partial charge in [0.15, 0.2) is 0 Å². The standard InChI is InChI=1S/C18H19Cl2FN4O.C16H24ClN3O2.C15H21Cl2N3O2.C11H16ClN3.C6H5ClFN.C5H2Cl2IN.C5H12N2.C4H8O.ClH/c1-12-17(20)16(5-6-22-12)24-7-2-8-25(10-9-24)18(26)23-13-3-4-15(21)14(19)11-13;1-12-14(17)13(6-7-18-12)19-8-5-9-20(11-10-19)15(21)22-16(2,3)4;1-15(2,3)22-14(21)20-8-4-7-19(9-10-20)11-5-6-18-13(17)12(11)16;1-9-11(12)10(3-5-14-9)15-7-2-4-13-6-8-15;7-5-3-4(9)1-2-6(5)8;6-4-3(8)1-2-9-5(4)7;1-2-6-4-5-7-3-1;1-2-4-5-3-1;/h3-6,11H,2,7-10H2,1H3,(H,23,26);6-7H,5,8-11H2,1-4H3;5-6H,4,7-10H2,1-3H3;3,5,13H,2,4,6-8H2,1H3;1-3H,9H2;1-2H;6-7H,1-5H2;1-4H2;1H. The number of amides is 4. The molecule has 11 heterocycles. The molecule has 0 saturated carbocycles. The molecule has 7 aromatic rings. The number of nitrogens with one attached hydrogen (secondary N) is 4. The maximum atomic E-state index is 13.2. The van der Waals surface area contributed by atoms with Crippen molar-refractivity contribution in [3.05, 3.63) is 175 Å². The number of halogens is 13. The molecule has 6 N–H and O–H groups in total. The minimum absolute atomic E-state index is 0. The molecule has 116 heavy (non-hydrogen) atoms. The Bertz CT molecular complexity index is 4030. The Morgan fingerprint density at radius 1 is 0.440 bits per heavy atom. The van der Waals surface area contributed by atoms with E-state index in [1.165, 1.54) is 68.8 Å². The third-order valence-corrected chi connectivity index (χ3v) is 22.4. The summed E-state index contributed by atoms with van der Waals surface area (Å²) in [6.45, 7) is 36.2. The van der Waals surface area contributed by atoms with Gasteiger partial charge in [-0.25, -0.2) is 33.1 Å². The number of hydrogen-bond acceptors (Lipinski definition) is 19. The van der Waals surface area contributed by atoms with E-state index in [0.717, 1.165) is 153 Å². The van der Waals surface area contributed by atoms with E-state index in [2.05, 4.69) is 88.4 Å². The van der Waals surface area contributed by atoms with E-state index in [0.29, 0.717) is 94.1 Å². The lowest BCUT2D eigenvalue weighted by Gasteiger charge is -2.27. The Hall–Kier alpha value is -5.67. The predicted molar refractivity (Wildman–Crippen MR) is 484 cm³/mol. The number of carbonyl (C=O) groups is 3. The number of anilines is 6. The summed E-state index contributed by atoms with van der Waals surface area (Å²) < 4.78 is 42.3. The molecule has 36 heteroatoms. The zero-order chi connectivity index (χ0) is 84.2. The van der Waals surface area contributed by atoms with Crippen LogP contribution in [0, 0.1) is 36.0 Å². The molecule has 6 fully saturated rings. The largest absolute Gasteiger partial charge is 0.444 e. The fraction of sp³-hybridized carbons (Fsp3) is 0.500. The summed E-state index contributed by atoms with van der Waals surface area (Å²) in [4.78, 5) is 71.2. The van der Waals surface area contributed by atoms with Crippen LogP contribution in [0.5, 0.6) is 0 Å². The fourth-order valence-corrected chi connectivity index (χ4v) is 14.0. The maximum Gasteiger partial charge on any atom is 0.410 e. The summed E-state index contributed by atoms with van der Waals surface area (Å²) >= 11 is 55.6. The molecular weight excluding hydrogens is 1810 g/mol. The van der Waals surface area contributed by atoms with Crippen molar-refractivity contribution in [3.8, 4) is 0 Å². The SMILES string of the molecule is C1CCOC1.C1CNCCNC1.CC(C)(C)OC(=O)N1CCCN(c2ccnc(Cl)c2Cl)CC1.Cc1nccc(N2CCCN(C(=O)Nc3ccc(F)c(Cl)c3)CC2)c1Cl.Cc1nccc(N2CCCN(C(=O)OC(C)(C)C)CC2)c1Cl.Cc1nccc(N2CCCNCC2)c1Cl.Cl.Clc1nccc(I)c1Cl.Nc1ccc(F)c(Cl)c1. The lowest BCUT2D eigenvalue weighted by atomic mass is 10.2. The molecule has 6 saturated heterocycles. The maximum absolute atomic E-state index is 13.2. The third-order valence-electron chi connectivity index (χ3n) is 17.7. The average Bonchev–Trinajstić information content (AvgIpc) is 1.54. The Labute approximate surface area is 747 Å². The Balaban J connectivity index is 0.000000247. The number of carbonyl (C=O) groups excluding carboxylic acids is 3. The van der Waals surface area contributed by atoms with Crippen LogP contribution in [0.1, 0.15) is 104 Å². The second-order valence-corrected chi connectivity index (χ2v) is 33.5. The monoisotopic (exact) mass is 1920 g/mol. The van der Waals surface area contributed by atoms with Gasteiger partial charge in [0.05, 0.1) is 70.0 Å². The van der Waals surface area contributed by atoms with Gasteiger partial charge in [0.25, 0.3) is 0 Å². The highest BCUT2D eigenvalue weighted by molar-refractivity contribution is 14.1. The Morgan fingerprint density at radius 2 is 0.819 bits per heavy atom. The molecule has 0 radical (unpaired) electrons. The molecule has 5 aromatic heterocycles. The topological polar surface area (TPSA) is 240 Å². The highest BCUT2D eigenvalue weighted by Gasteiger charge is 2.29. The van der Waals surface area contributed by atoms with Gasteiger partial charge < -0.3 is 75.5 Å². The summed E-state index contributed by atoms with van der Waals surface area (Å²) in [7, 11) is 0. The summed E-state index contributed by atoms with van der Waals surface area (Å²) in [5.74, 6) is -0.953. The molecule has 0 spiro atoms. The van der Waals surface area contributed by atoms with Crippen molar-refractivity contribution in [1.82, 2.24) is 55.6 Å². The van der Waals surface area contributed by atoms with Crippen LogP contribution in [-0.2, 0) is 14.2 Å². The normalized spacial score (nSPS) is 15.8. The summed E-state index contributed by atoms with van der Waals surface area (Å²) in [5, 5.41) is 16.5. The van der Waals surface area contributed by atoms with Gasteiger partial charge in [-0.15, -0.1) is 12.4 Å². The number of ether oxygens (including phenoxy) is 3. The Kier molecular flexibility index (Phi) is 45.7. The number of hydrogen-bond donors (Lipinski definition) is 5. The number of benzene rings is 2. The van der Waals surface area contributed by atoms with Crippen LogP contribution >= 0.6 is 139 Å². The molecule has 6 aliphatic heterocycles. The number of nitrogens with two attached hydrogens (primary N) is 1. The number of aryl methyl sites for hydroxylation is 3. The first-order chi connectivity index (χ1) is 54.7. The number of nitrogens with zero attached hydrogens (tertiary/aromatic N) is 12. The zero-order valence-corrected chi connectivity index (χ0v) is 76.9. The summed E-state index contributed by atoms with van der Waals surface area (Å²) in [5.41, 5.74) is 11.7. The molecule has 0 bridgehead atoms. The minimum Gasteiger partial charge on any atom is -0.444 e. The third kappa shape index (κ3) is 35.9. The van der Waals surface area contributed by atoms with Crippen molar-refractivity contribution in [1.29, 1.82) is 0 Å². The number of pyridine rings is 5. The molecule has 23 nitrogen and oxygen atoms in total. The molecular formula is C80H108Cl10F2IN17O6. The molecule has 2 aromatic carbocycles. The first-order valence-electron chi connectivity index (χ1n) is 38.2. The van der Waals surface area contributed by atoms with Crippen molar-refractivity contribution in [3.63, 3.8) is 0 Å². The van der Waals surface area contributed by atoms with Gasteiger partial charge in [0.2, 0.25) is 0 Å². The number of urea groups is 1. The van der Waals surface area contributed by atoms with Crippen LogP contribution in [0.15, 0.2) is 97.7 Å². The van der Waals surface area contributed by atoms with E-state index in [1.54, 1.807) is 45.6 Å². The van der Waals surface area contributed by atoms with Crippen LogP contribution in [0.25, 0.3) is 0 Å².